The summed E-state index contributed by atoms with van der Waals surface area (Å²) in [4.78, 5) is 7.47. The van der Waals surface area contributed by atoms with Gasteiger partial charge in [0, 0.05) is 12.7 Å². The van der Waals surface area contributed by atoms with Gasteiger partial charge in [0.1, 0.15) is 5.82 Å². The van der Waals surface area contributed by atoms with E-state index < -0.39 is 17.7 Å². The fourth-order valence-electron chi connectivity index (χ4n) is 2.15. The van der Waals surface area contributed by atoms with Gasteiger partial charge < -0.3 is 9.88 Å². The fraction of sp³-hybridized carbons (Fsp3) is 0.333. The number of pyridine rings is 1. The highest BCUT2D eigenvalue weighted by atomic mass is 19.4. The first-order chi connectivity index (χ1) is 9.43. The van der Waals surface area contributed by atoms with E-state index in [1.807, 2.05) is 0 Å². The monoisotopic (exact) mass is 286 g/mol. The van der Waals surface area contributed by atoms with Crippen molar-refractivity contribution in [3.8, 4) is 0 Å². The van der Waals surface area contributed by atoms with Crippen LogP contribution in [-0.4, -0.2) is 14.5 Å². The molecule has 1 N–H and O–H groups in total. The first-order valence-electron chi connectivity index (χ1n) is 5.96. The Morgan fingerprint density at radius 3 is 2.75 bits per heavy atom. The molecule has 1 aliphatic heterocycles. The molecule has 3 heterocycles. The Morgan fingerprint density at radius 1 is 1.30 bits per heavy atom. The molecule has 8 heteroatoms. The van der Waals surface area contributed by atoms with Crippen LogP contribution in [0.4, 0.5) is 23.5 Å². The van der Waals surface area contributed by atoms with Crippen molar-refractivity contribution in [1.82, 2.24) is 14.5 Å². The Hall–Kier alpha value is -2.12. The molecule has 1 atom stereocenters. The van der Waals surface area contributed by atoms with Crippen molar-refractivity contribution in [2.45, 2.75) is 25.2 Å². The van der Waals surface area contributed by atoms with E-state index in [4.69, 9.17) is 0 Å². The third kappa shape index (κ3) is 2.33. The van der Waals surface area contributed by atoms with Crippen LogP contribution < -0.4 is 5.32 Å². The van der Waals surface area contributed by atoms with E-state index in [1.165, 1.54) is 16.7 Å². The van der Waals surface area contributed by atoms with Crippen LogP contribution in [-0.2, 0) is 12.7 Å². The summed E-state index contributed by atoms with van der Waals surface area (Å²) in [5.74, 6) is -0.301. The summed E-state index contributed by atoms with van der Waals surface area (Å²) >= 11 is 0. The zero-order chi connectivity index (χ0) is 14.3. The van der Waals surface area contributed by atoms with E-state index >= 15 is 0 Å². The SMILES string of the molecule is Fc1ccc(C2CCn3cc(C(F)(F)F)nc3N2)nc1. The van der Waals surface area contributed by atoms with Gasteiger partial charge in [0.05, 0.1) is 17.9 Å². The molecule has 20 heavy (non-hydrogen) atoms. The Morgan fingerprint density at radius 2 is 2.10 bits per heavy atom. The summed E-state index contributed by atoms with van der Waals surface area (Å²) in [7, 11) is 0. The minimum Gasteiger partial charge on any atom is -0.347 e. The predicted molar refractivity (Wildman–Crippen MR) is 62.4 cm³/mol. The molecular weight excluding hydrogens is 276 g/mol. The molecule has 0 amide bonds. The van der Waals surface area contributed by atoms with Gasteiger partial charge in [0.15, 0.2) is 5.69 Å². The van der Waals surface area contributed by atoms with E-state index in [-0.39, 0.29) is 12.0 Å². The van der Waals surface area contributed by atoms with Crippen molar-refractivity contribution in [3.63, 3.8) is 0 Å². The highest BCUT2D eigenvalue weighted by molar-refractivity contribution is 5.35. The molecule has 0 saturated carbocycles. The van der Waals surface area contributed by atoms with Crippen molar-refractivity contribution in [3.05, 3.63) is 41.7 Å². The smallest absolute Gasteiger partial charge is 0.347 e. The van der Waals surface area contributed by atoms with Gasteiger partial charge in [-0.2, -0.15) is 13.2 Å². The van der Waals surface area contributed by atoms with Gasteiger partial charge in [-0.1, -0.05) is 0 Å². The normalized spacial score (nSPS) is 18.5. The topological polar surface area (TPSA) is 42.7 Å². The average molecular weight is 286 g/mol. The second kappa shape index (κ2) is 4.46. The lowest BCUT2D eigenvalue weighted by Crippen LogP contribution is -2.22. The van der Waals surface area contributed by atoms with Crippen molar-refractivity contribution in [2.75, 3.05) is 5.32 Å². The van der Waals surface area contributed by atoms with Crippen molar-refractivity contribution in [2.24, 2.45) is 0 Å². The maximum atomic E-state index is 12.8. The number of anilines is 1. The van der Waals surface area contributed by atoms with Gasteiger partial charge >= 0.3 is 6.18 Å². The number of alkyl halides is 3. The van der Waals surface area contributed by atoms with Gasteiger partial charge in [-0.3, -0.25) is 4.98 Å². The van der Waals surface area contributed by atoms with Gasteiger partial charge in [-0.05, 0) is 18.6 Å². The molecule has 3 rings (SSSR count). The van der Waals surface area contributed by atoms with E-state index in [9.17, 15) is 17.6 Å². The zero-order valence-corrected chi connectivity index (χ0v) is 10.2. The number of aromatic nitrogens is 3. The summed E-state index contributed by atoms with van der Waals surface area (Å²) in [6.07, 6.45) is -1.84. The summed E-state index contributed by atoms with van der Waals surface area (Å²) in [6.45, 7) is 0.398. The van der Waals surface area contributed by atoms with E-state index in [0.29, 0.717) is 18.7 Å². The average Bonchev–Trinajstić information content (AvgIpc) is 2.82. The van der Waals surface area contributed by atoms with Crippen LogP contribution in [0.3, 0.4) is 0 Å². The van der Waals surface area contributed by atoms with Crippen LogP contribution in [0.1, 0.15) is 23.9 Å². The third-order valence-electron chi connectivity index (χ3n) is 3.14. The molecule has 2 aromatic heterocycles. The maximum Gasteiger partial charge on any atom is 0.434 e. The van der Waals surface area contributed by atoms with Crippen LogP contribution in [0.2, 0.25) is 0 Å². The maximum absolute atomic E-state index is 12.8. The molecular formula is C12H10F4N4. The molecule has 106 valence electrons. The Balaban J connectivity index is 1.85. The summed E-state index contributed by atoms with van der Waals surface area (Å²) in [5, 5.41) is 2.89. The highest BCUT2D eigenvalue weighted by Gasteiger charge is 2.36. The number of hydrogen-bond donors (Lipinski definition) is 1. The second-order valence-corrected chi connectivity index (χ2v) is 4.53. The molecule has 0 saturated heterocycles. The molecule has 0 radical (unpaired) electrons. The number of rotatable bonds is 1. The number of fused-ring (bicyclic) bond motifs is 1. The summed E-state index contributed by atoms with van der Waals surface area (Å²) in [6, 6.07) is 2.51. The van der Waals surface area contributed by atoms with Gasteiger partial charge in [0.25, 0.3) is 0 Å². The van der Waals surface area contributed by atoms with Crippen molar-refractivity contribution >= 4 is 5.95 Å². The third-order valence-corrected chi connectivity index (χ3v) is 3.14. The molecule has 0 spiro atoms. The number of halogens is 4. The standard InChI is InChI=1S/C12H10F4N4/c13-7-1-2-8(17-5-7)9-3-4-20-6-10(12(14,15)16)19-11(20)18-9/h1-2,5-6,9H,3-4H2,(H,18,19). The Kier molecular flexibility index (Phi) is 2.88. The van der Waals surface area contributed by atoms with Crippen LogP contribution in [0.5, 0.6) is 0 Å². The second-order valence-electron chi connectivity index (χ2n) is 4.53. The molecule has 4 nitrogen and oxygen atoms in total. The minimum atomic E-state index is -4.46. The molecule has 0 aromatic carbocycles. The quantitative estimate of drug-likeness (QED) is 0.819. The largest absolute Gasteiger partial charge is 0.434 e. The molecule has 0 aliphatic carbocycles. The first-order valence-corrected chi connectivity index (χ1v) is 5.96. The van der Waals surface area contributed by atoms with Crippen molar-refractivity contribution < 1.29 is 17.6 Å². The highest BCUT2D eigenvalue weighted by Crippen LogP contribution is 2.33. The number of hydrogen-bond acceptors (Lipinski definition) is 3. The zero-order valence-electron chi connectivity index (χ0n) is 10.2. The molecule has 0 bridgehead atoms. The van der Waals surface area contributed by atoms with Crippen molar-refractivity contribution in [1.29, 1.82) is 0 Å². The van der Waals surface area contributed by atoms with E-state index in [0.717, 1.165) is 12.4 Å². The van der Waals surface area contributed by atoms with Gasteiger partial charge in [0.2, 0.25) is 5.95 Å². The van der Waals surface area contributed by atoms with Crippen LogP contribution in [0, 0.1) is 5.82 Å². The molecule has 1 aliphatic rings. The van der Waals surface area contributed by atoms with Gasteiger partial charge in [-0.15, -0.1) is 0 Å². The van der Waals surface area contributed by atoms with Crippen LogP contribution in [0.25, 0.3) is 0 Å². The lowest BCUT2D eigenvalue weighted by atomic mass is 10.1. The predicted octanol–water partition coefficient (Wildman–Crippen LogP) is 2.99. The molecule has 0 fully saturated rings. The van der Waals surface area contributed by atoms with Crippen LogP contribution >= 0.6 is 0 Å². The lowest BCUT2D eigenvalue weighted by Gasteiger charge is -2.24. The summed E-state index contributed by atoms with van der Waals surface area (Å²) in [5.41, 5.74) is -0.345. The van der Waals surface area contributed by atoms with E-state index in [2.05, 4.69) is 15.3 Å². The Bertz CT molecular complexity index is 617. The van der Waals surface area contributed by atoms with E-state index in [1.54, 1.807) is 0 Å². The Labute approximate surface area is 111 Å². The number of aryl methyl sites for hydroxylation is 1. The number of imidazole rings is 1. The molecule has 1 unspecified atom stereocenters. The number of nitrogens with one attached hydrogen (secondary N) is 1. The summed E-state index contributed by atoms with van der Waals surface area (Å²) < 4.78 is 52.0. The first kappa shape index (κ1) is 12.9. The number of nitrogens with zero attached hydrogens (tertiary/aromatic N) is 3. The lowest BCUT2D eigenvalue weighted by molar-refractivity contribution is -0.140. The minimum absolute atomic E-state index is 0.153. The molecule has 2 aromatic rings. The fourth-order valence-corrected chi connectivity index (χ4v) is 2.15. The van der Waals surface area contributed by atoms with Gasteiger partial charge in [-0.25, -0.2) is 9.37 Å². The van der Waals surface area contributed by atoms with Crippen LogP contribution in [0.15, 0.2) is 24.5 Å².